The van der Waals surface area contributed by atoms with Crippen LogP contribution in [-0.4, -0.2) is 20.4 Å². The highest BCUT2D eigenvalue weighted by Gasteiger charge is 2.34. The first-order valence-corrected chi connectivity index (χ1v) is 16.5. The number of nitrogens with zero attached hydrogens (tertiary/aromatic N) is 4. The van der Waals surface area contributed by atoms with E-state index in [1.54, 1.807) is 67.6 Å². The molecule has 0 unspecified atom stereocenters. The average Bonchev–Trinajstić information content (AvgIpc) is 3.67. The highest BCUT2D eigenvalue weighted by atomic mass is 32.2. The Hall–Kier alpha value is -5.53. The number of benzene rings is 3. The molecule has 0 spiro atoms. The molecule has 7 rings (SSSR count). The van der Waals surface area contributed by atoms with E-state index in [-0.39, 0.29) is 33.2 Å². The van der Waals surface area contributed by atoms with Crippen molar-refractivity contribution in [3.05, 3.63) is 157 Å². The van der Waals surface area contributed by atoms with Crippen LogP contribution >= 0.6 is 23.1 Å². The van der Waals surface area contributed by atoms with Crippen molar-refractivity contribution >= 4 is 40.8 Å². The van der Waals surface area contributed by atoms with Crippen molar-refractivity contribution in [3.63, 3.8) is 0 Å². The number of alkyl halides is 3. The molecule has 3 aromatic heterocycles. The van der Waals surface area contributed by atoms with Crippen LogP contribution in [0, 0.1) is 0 Å². The molecule has 0 saturated heterocycles. The maximum Gasteiger partial charge on any atom is 0.433 e. The Labute approximate surface area is 285 Å². The molecule has 13 heteroatoms. The standard InChI is InChI=1S/C36H24F3N5O3S2/c1-21-30(32(45)41-24-15-9-4-10-16-24)31(23-13-7-3-8-14-23)44-33(46)27(48-35(44)40-21)19-25-17-18-29(47-25)49-34-42-26(22-11-5-2-6-12-22)20-28(43-34)36(37,38)39/h2-20,31H,1H3,(H,41,45)/b27-19+/t31-/m1/s1. The third kappa shape index (κ3) is 6.76. The van der Waals surface area contributed by atoms with Gasteiger partial charge in [0.05, 0.1) is 27.5 Å². The number of aromatic nitrogens is 3. The number of fused-ring (bicyclic) bond motifs is 1. The van der Waals surface area contributed by atoms with Crippen LogP contribution in [0.3, 0.4) is 0 Å². The molecule has 0 saturated carbocycles. The molecule has 4 heterocycles. The molecule has 1 N–H and O–H groups in total. The number of para-hydroxylation sites is 1. The van der Waals surface area contributed by atoms with E-state index >= 15 is 0 Å². The van der Waals surface area contributed by atoms with Crippen LogP contribution in [-0.2, 0) is 11.0 Å². The van der Waals surface area contributed by atoms with E-state index < -0.39 is 17.9 Å². The molecule has 6 aromatic rings. The topological polar surface area (TPSA) is 102 Å². The van der Waals surface area contributed by atoms with Crippen molar-refractivity contribution in [1.82, 2.24) is 14.5 Å². The van der Waals surface area contributed by atoms with Crippen LogP contribution in [0.4, 0.5) is 18.9 Å². The van der Waals surface area contributed by atoms with Crippen molar-refractivity contribution in [2.75, 3.05) is 5.32 Å². The van der Waals surface area contributed by atoms with E-state index in [1.807, 2.05) is 48.5 Å². The summed E-state index contributed by atoms with van der Waals surface area (Å²) >= 11 is 1.97. The van der Waals surface area contributed by atoms with Gasteiger partial charge in [-0.3, -0.25) is 14.2 Å². The minimum Gasteiger partial charge on any atom is -0.450 e. The maximum absolute atomic E-state index is 14.0. The van der Waals surface area contributed by atoms with E-state index in [4.69, 9.17) is 4.42 Å². The first-order valence-electron chi connectivity index (χ1n) is 14.9. The molecule has 3 aromatic carbocycles. The van der Waals surface area contributed by atoms with Crippen molar-refractivity contribution in [2.45, 2.75) is 29.4 Å². The summed E-state index contributed by atoms with van der Waals surface area (Å²) in [4.78, 5) is 40.8. The predicted octanol–water partition coefficient (Wildman–Crippen LogP) is 7.09. The lowest BCUT2D eigenvalue weighted by Crippen LogP contribution is -2.40. The summed E-state index contributed by atoms with van der Waals surface area (Å²) in [5, 5.41) is 3.01. The molecule has 1 aliphatic heterocycles. The number of hydrogen-bond acceptors (Lipinski definition) is 8. The molecule has 8 nitrogen and oxygen atoms in total. The summed E-state index contributed by atoms with van der Waals surface area (Å²) in [6, 6.07) is 30.1. The number of amides is 1. The van der Waals surface area contributed by atoms with Gasteiger partial charge >= 0.3 is 6.18 Å². The lowest BCUT2D eigenvalue weighted by Gasteiger charge is -2.25. The monoisotopic (exact) mass is 695 g/mol. The first kappa shape index (κ1) is 32.0. The Bertz CT molecular complexity index is 2390. The number of carbonyl (C=O) groups excluding carboxylic acids is 1. The van der Waals surface area contributed by atoms with Gasteiger partial charge in [-0.05, 0) is 54.6 Å². The smallest absolute Gasteiger partial charge is 0.433 e. The van der Waals surface area contributed by atoms with Gasteiger partial charge in [-0.25, -0.2) is 15.0 Å². The number of hydrogen-bond donors (Lipinski definition) is 1. The second-order valence-electron chi connectivity index (χ2n) is 10.9. The van der Waals surface area contributed by atoms with E-state index in [9.17, 15) is 22.8 Å². The van der Waals surface area contributed by atoms with E-state index in [1.165, 1.54) is 4.57 Å². The summed E-state index contributed by atoms with van der Waals surface area (Å²) in [6.45, 7) is 1.74. The summed E-state index contributed by atoms with van der Waals surface area (Å²) in [6.07, 6.45) is -3.14. The Morgan fingerprint density at radius 1 is 0.939 bits per heavy atom. The lowest BCUT2D eigenvalue weighted by molar-refractivity contribution is -0.141. The molecule has 49 heavy (non-hydrogen) atoms. The van der Waals surface area contributed by atoms with Gasteiger partial charge in [0.25, 0.3) is 11.5 Å². The zero-order valence-electron chi connectivity index (χ0n) is 25.5. The average molecular weight is 696 g/mol. The Kier molecular flexibility index (Phi) is 8.61. The molecule has 0 bridgehead atoms. The fraction of sp³-hybridized carbons (Fsp3) is 0.0833. The lowest BCUT2D eigenvalue weighted by atomic mass is 9.95. The van der Waals surface area contributed by atoms with Gasteiger partial charge in [0, 0.05) is 17.3 Å². The third-order valence-corrected chi connectivity index (χ3v) is 9.31. The molecule has 1 amide bonds. The highest BCUT2D eigenvalue weighted by Crippen LogP contribution is 2.35. The Morgan fingerprint density at radius 3 is 2.31 bits per heavy atom. The Morgan fingerprint density at radius 2 is 1.61 bits per heavy atom. The minimum atomic E-state index is -4.68. The van der Waals surface area contributed by atoms with Gasteiger partial charge in [-0.1, -0.05) is 90.2 Å². The first-order chi connectivity index (χ1) is 23.6. The summed E-state index contributed by atoms with van der Waals surface area (Å²) < 4.78 is 48.9. The van der Waals surface area contributed by atoms with E-state index in [0.29, 0.717) is 31.9 Å². The molecule has 244 valence electrons. The normalized spacial score (nSPS) is 14.8. The SMILES string of the molecule is CC1=C(C(=O)Nc2ccccc2)[C@@H](c2ccccc2)n2c(s/c(=C/c3ccc(Sc4nc(-c5ccccc5)cc(C(F)(F)F)n4)o3)c2=O)=N1. The quantitative estimate of drug-likeness (QED) is 0.179. The second kappa shape index (κ2) is 13.2. The van der Waals surface area contributed by atoms with Gasteiger partial charge in [0.1, 0.15) is 11.5 Å². The van der Waals surface area contributed by atoms with Crippen LogP contribution in [0.15, 0.2) is 145 Å². The predicted molar refractivity (Wildman–Crippen MR) is 181 cm³/mol. The van der Waals surface area contributed by atoms with Crippen molar-refractivity contribution < 1.29 is 22.4 Å². The number of carbonyl (C=O) groups is 1. The number of furan rings is 1. The van der Waals surface area contributed by atoms with Crippen LogP contribution in [0.1, 0.15) is 30.0 Å². The van der Waals surface area contributed by atoms with Crippen LogP contribution < -0.4 is 20.2 Å². The van der Waals surface area contributed by atoms with Gasteiger partial charge < -0.3 is 9.73 Å². The zero-order chi connectivity index (χ0) is 34.1. The third-order valence-electron chi connectivity index (χ3n) is 7.55. The summed E-state index contributed by atoms with van der Waals surface area (Å²) in [7, 11) is 0. The zero-order valence-corrected chi connectivity index (χ0v) is 27.1. The van der Waals surface area contributed by atoms with Crippen LogP contribution in [0.2, 0.25) is 0 Å². The number of allylic oxidation sites excluding steroid dienone is 1. The summed E-state index contributed by atoms with van der Waals surface area (Å²) in [5.74, 6) is -0.0902. The highest BCUT2D eigenvalue weighted by molar-refractivity contribution is 7.99. The van der Waals surface area contributed by atoms with Gasteiger partial charge in [0.15, 0.2) is 15.1 Å². The molecule has 1 aliphatic rings. The minimum absolute atomic E-state index is 0.124. The number of thiazole rings is 1. The van der Waals surface area contributed by atoms with Crippen LogP contribution in [0.25, 0.3) is 17.3 Å². The number of anilines is 1. The maximum atomic E-state index is 14.0. The molecule has 1 atom stereocenters. The molecule has 0 fully saturated rings. The van der Waals surface area contributed by atoms with E-state index in [2.05, 4.69) is 20.3 Å². The molecular weight excluding hydrogens is 672 g/mol. The number of rotatable bonds is 7. The molecule has 0 aliphatic carbocycles. The van der Waals surface area contributed by atoms with Crippen molar-refractivity contribution in [3.8, 4) is 11.3 Å². The van der Waals surface area contributed by atoms with Gasteiger partial charge in [-0.2, -0.15) is 13.2 Å². The fourth-order valence-electron chi connectivity index (χ4n) is 5.34. The van der Waals surface area contributed by atoms with Crippen molar-refractivity contribution in [2.24, 2.45) is 4.99 Å². The number of halogens is 3. The van der Waals surface area contributed by atoms with Crippen molar-refractivity contribution in [1.29, 1.82) is 0 Å². The second-order valence-corrected chi connectivity index (χ2v) is 12.8. The molecular formula is C36H24F3N5O3S2. The number of nitrogens with one attached hydrogen (secondary N) is 1. The van der Waals surface area contributed by atoms with Gasteiger partial charge in [0.2, 0.25) is 0 Å². The summed E-state index contributed by atoms with van der Waals surface area (Å²) in [5.41, 5.74) is 1.33. The fourth-order valence-corrected chi connectivity index (χ4v) is 7.11. The largest absolute Gasteiger partial charge is 0.450 e. The molecule has 0 radical (unpaired) electrons. The van der Waals surface area contributed by atoms with Crippen LogP contribution in [0.5, 0.6) is 0 Å². The van der Waals surface area contributed by atoms with E-state index in [0.717, 1.165) is 34.7 Å². The Balaban J connectivity index is 1.23. The van der Waals surface area contributed by atoms with Gasteiger partial charge in [-0.15, -0.1) is 0 Å².